The average molecular weight is 431 g/mol. The Labute approximate surface area is 195 Å². The Hall–Kier alpha value is -4.06. The van der Waals surface area contributed by atoms with Crippen molar-refractivity contribution in [3.8, 4) is 17.6 Å². The maximum atomic E-state index is 12.0. The molecule has 1 unspecified atom stereocenters. The highest BCUT2D eigenvalue weighted by Crippen LogP contribution is 2.41. The van der Waals surface area contributed by atoms with Crippen LogP contribution in [-0.2, 0) is 5.60 Å². The predicted molar refractivity (Wildman–Crippen MR) is 136 cm³/mol. The lowest BCUT2D eigenvalue weighted by Gasteiger charge is -2.29. The molecule has 0 saturated heterocycles. The second-order valence-electron chi connectivity index (χ2n) is 7.90. The second kappa shape index (κ2) is 10.0. The van der Waals surface area contributed by atoms with Crippen molar-refractivity contribution >= 4 is 11.1 Å². The van der Waals surface area contributed by atoms with Gasteiger partial charge in [0.1, 0.15) is 11.4 Å². The molecule has 0 amide bonds. The van der Waals surface area contributed by atoms with Gasteiger partial charge in [0, 0.05) is 16.7 Å². The summed E-state index contributed by atoms with van der Waals surface area (Å²) in [5.41, 5.74) is 3.85. The third-order valence-corrected chi connectivity index (χ3v) is 5.62. The van der Waals surface area contributed by atoms with Gasteiger partial charge < -0.3 is 9.84 Å². The molecule has 0 spiro atoms. The monoisotopic (exact) mass is 430 g/mol. The van der Waals surface area contributed by atoms with Gasteiger partial charge in [0.2, 0.25) is 0 Å². The number of allylic oxidation sites excluding steroid dienone is 1. The lowest BCUT2D eigenvalue weighted by Crippen LogP contribution is -2.24. The summed E-state index contributed by atoms with van der Waals surface area (Å²) < 4.78 is 5.26. The van der Waals surface area contributed by atoms with Crippen molar-refractivity contribution in [2.24, 2.45) is 0 Å². The van der Waals surface area contributed by atoms with Crippen LogP contribution >= 0.6 is 0 Å². The molecule has 33 heavy (non-hydrogen) atoms. The molecule has 1 atom stereocenters. The molecule has 1 N–H and O–H groups in total. The molecule has 0 aliphatic rings. The summed E-state index contributed by atoms with van der Waals surface area (Å²) in [4.78, 5) is 0. The minimum Gasteiger partial charge on any atom is -0.497 e. The number of hydrogen-bond acceptors (Lipinski definition) is 2. The number of ether oxygens (including phenoxy) is 1. The first-order chi connectivity index (χ1) is 16.1. The molecule has 162 valence electrons. The number of rotatable bonds is 5. The quantitative estimate of drug-likeness (QED) is 0.287. The number of hydrogen-bond donors (Lipinski definition) is 1. The van der Waals surface area contributed by atoms with Crippen LogP contribution in [0.15, 0.2) is 115 Å². The van der Waals surface area contributed by atoms with E-state index in [2.05, 4.69) is 11.8 Å². The molecular formula is C31H26O2. The van der Waals surface area contributed by atoms with Crippen LogP contribution in [0.2, 0.25) is 0 Å². The van der Waals surface area contributed by atoms with Gasteiger partial charge in [-0.05, 0) is 47.9 Å². The van der Waals surface area contributed by atoms with Gasteiger partial charge in [-0.2, -0.15) is 0 Å². The molecule has 4 aromatic rings. The molecule has 4 aromatic carbocycles. The molecule has 0 fully saturated rings. The average Bonchev–Trinajstić information content (AvgIpc) is 2.88. The Morgan fingerprint density at radius 2 is 1.21 bits per heavy atom. The molecule has 0 saturated carbocycles. The molecule has 0 heterocycles. The molecule has 2 heteroatoms. The molecule has 0 aliphatic heterocycles. The van der Waals surface area contributed by atoms with Gasteiger partial charge in [0.05, 0.1) is 7.11 Å². The van der Waals surface area contributed by atoms with Gasteiger partial charge >= 0.3 is 0 Å². The first-order valence-electron chi connectivity index (χ1n) is 10.9. The van der Waals surface area contributed by atoms with Gasteiger partial charge in [-0.15, -0.1) is 0 Å². The van der Waals surface area contributed by atoms with E-state index in [1.165, 1.54) is 0 Å². The fourth-order valence-corrected chi connectivity index (χ4v) is 3.87. The molecule has 2 nitrogen and oxygen atoms in total. The Balaban J connectivity index is 1.99. The summed E-state index contributed by atoms with van der Waals surface area (Å²) in [5.74, 6) is 7.48. The minimum absolute atomic E-state index is 0.765. The number of benzene rings is 4. The van der Waals surface area contributed by atoms with E-state index in [0.29, 0.717) is 0 Å². The third-order valence-electron chi connectivity index (χ3n) is 5.62. The molecule has 4 rings (SSSR count). The lowest BCUT2D eigenvalue weighted by atomic mass is 9.79. The van der Waals surface area contributed by atoms with Crippen LogP contribution in [0.1, 0.15) is 29.2 Å². The van der Waals surface area contributed by atoms with Crippen LogP contribution in [0, 0.1) is 11.8 Å². The van der Waals surface area contributed by atoms with Crippen LogP contribution in [0.5, 0.6) is 5.75 Å². The minimum atomic E-state index is -1.26. The van der Waals surface area contributed by atoms with Gasteiger partial charge in [-0.25, -0.2) is 0 Å². The number of aliphatic hydroxyl groups is 1. The summed E-state index contributed by atoms with van der Waals surface area (Å²) in [7, 11) is 1.65. The van der Waals surface area contributed by atoms with Crippen LogP contribution in [0.4, 0.5) is 0 Å². The highest BCUT2D eigenvalue weighted by molar-refractivity contribution is 6.01. The predicted octanol–water partition coefficient (Wildman–Crippen LogP) is 6.57. The molecule has 0 aliphatic carbocycles. The zero-order chi connectivity index (χ0) is 23.1. The highest BCUT2D eigenvalue weighted by atomic mass is 16.5. The lowest BCUT2D eigenvalue weighted by molar-refractivity contribution is 0.123. The maximum Gasteiger partial charge on any atom is 0.118 e. The first kappa shape index (κ1) is 22.1. The van der Waals surface area contributed by atoms with E-state index < -0.39 is 5.60 Å². The summed E-state index contributed by atoms with van der Waals surface area (Å²) >= 11 is 0. The number of methoxy groups -OCH3 is 1. The van der Waals surface area contributed by atoms with Crippen molar-refractivity contribution in [1.82, 2.24) is 0 Å². The van der Waals surface area contributed by atoms with Gasteiger partial charge in [0.25, 0.3) is 0 Å². The first-order valence-corrected chi connectivity index (χ1v) is 10.9. The van der Waals surface area contributed by atoms with E-state index in [4.69, 9.17) is 4.74 Å². The summed E-state index contributed by atoms with van der Waals surface area (Å²) in [6, 6.07) is 37.4. The van der Waals surface area contributed by atoms with E-state index >= 15 is 0 Å². The van der Waals surface area contributed by atoms with E-state index in [1.807, 2.05) is 122 Å². The molecule has 0 bridgehead atoms. The van der Waals surface area contributed by atoms with Crippen LogP contribution < -0.4 is 4.74 Å². The molecular weight excluding hydrogens is 404 g/mol. The van der Waals surface area contributed by atoms with Crippen molar-refractivity contribution in [3.63, 3.8) is 0 Å². The summed E-state index contributed by atoms with van der Waals surface area (Å²) in [6.45, 7) is 1.84. The van der Waals surface area contributed by atoms with E-state index in [0.717, 1.165) is 39.1 Å². The SMILES string of the molecule is COc1ccc(C#C/C(=C(/c2ccccc2)C(C)(O)c2ccccc2)c2ccccc2)cc1. The Morgan fingerprint density at radius 3 is 1.76 bits per heavy atom. The van der Waals surface area contributed by atoms with Gasteiger partial charge in [0.15, 0.2) is 0 Å². The van der Waals surface area contributed by atoms with E-state index in [9.17, 15) is 5.11 Å². The normalized spacial score (nSPS) is 13.2. The second-order valence-corrected chi connectivity index (χ2v) is 7.90. The van der Waals surface area contributed by atoms with Crippen molar-refractivity contribution in [3.05, 3.63) is 138 Å². The fraction of sp³-hybridized carbons (Fsp3) is 0.0968. The molecule has 0 radical (unpaired) electrons. The highest BCUT2D eigenvalue weighted by Gasteiger charge is 2.32. The third kappa shape index (κ3) is 5.06. The fourth-order valence-electron chi connectivity index (χ4n) is 3.87. The van der Waals surface area contributed by atoms with Crippen molar-refractivity contribution in [2.75, 3.05) is 7.11 Å². The van der Waals surface area contributed by atoms with Crippen molar-refractivity contribution in [2.45, 2.75) is 12.5 Å². The Kier molecular flexibility index (Phi) is 6.74. The van der Waals surface area contributed by atoms with Crippen molar-refractivity contribution < 1.29 is 9.84 Å². The topological polar surface area (TPSA) is 29.5 Å². The van der Waals surface area contributed by atoms with Gasteiger partial charge in [-0.3, -0.25) is 0 Å². The standard InChI is InChI=1S/C31H26O2/c1-31(32,27-16-10-5-11-17-27)30(26-14-8-4-9-15-26)29(25-12-6-3-7-13-25)23-20-24-18-21-28(33-2)22-19-24/h3-19,21-22,32H,1-2H3/b30-29+. The van der Waals surface area contributed by atoms with Crippen LogP contribution in [0.25, 0.3) is 11.1 Å². The Bertz CT molecular complexity index is 1280. The van der Waals surface area contributed by atoms with Gasteiger partial charge in [-0.1, -0.05) is 103 Å². The van der Waals surface area contributed by atoms with Crippen LogP contribution in [-0.4, -0.2) is 12.2 Å². The van der Waals surface area contributed by atoms with Crippen LogP contribution in [0.3, 0.4) is 0 Å². The maximum absolute atomic E-state index is 12.0. The molecule has 0 aromatic heterocycles. The largest absolute Gasteiger partial charge is 0.497 e. The van der Waals surface area contributed by atoms with Crippen molar-refractivity contribution in [1.29, 1.82) is 0 Å². The van der Waals surface area contributed by atoms with E-state index in [-0.39, 0.29) is 0 Å². The summed E-state index contributed by atoms with van der Waals surface area (Å²) in [5, 5.41) is 12.0. The summed E-state index contributed by atoms with van der Waals surface area (Å²) in [6.07, 6.45) is 0. The zero-order valence-corrected chi connectivity index (χ0v) is 18.8. The zero-order valence-electron chi connectivity index (χ0n) is 18.8. The smallest absolute Gasteiger partial charge is 0.118 e. The Morgan fingerprint density at radius 1 is 0.697 bits per heavy atom. The van der Waals surface area contributed by atoms with E-state index in [1.54, 1.807) is 7.11 Å².